The molecule has 3 aliphatic heterocycles. The van der Waals surface area contributed by atoms with Crippen molar-refractivity contribution in [3.05, 3.63) is 24.3 Å². The molecule has 24 heavy (non-hydrogen) atoms. The molecule has 2 unspecified atom stereocenters. The number of amides is 2. The van der Waals surface area contributed by atoms with Crippen LogP contribution in [0, 0.1) is 0 Å². The van der Waals surface area contributed by atoms with Gasteiger partial charge in [0.05, 0.1) is 5.69 Å². The van der Waals surface area contributed by atoms with Gasteiger partial charge in [-0.1, -0.05) is 12.1 Å². The number of likely N-dealkylation sites (tertiary alicyclic amines) is 1. The molecule has 6 heteroatoms. The van der Waals surface area contributed by atoms with Crippen LogP contribution in [0.1, 0.15) is 25.7 Å². The number of fused-ring (bicyclic) bond motifs is 3. The zero-order chi connectivity index (χ0) is 16.5. The molecule has 0 aliphatic carbocycles. The van der Waals surface area contributed by atoms with Gasteiger partial charge in [0.15, 0.2) is 6.61 Å². The molecule has 0 spiro atoms. The molecule has 0 radical (unpaired) electrons. The van der Waals surface area contributed by atoms with Crippen LogP contribution in [-0.2, 0) is 9.59 Å². The van der Waals surface area contributed by atoms with Gasteiger partial charge in [-0.05, 0) is 31.4 Å². The summed E-state index contributed by atoms with van der Waals surface area (Å²) in [5.74, 6) is 0.764. The van der Waals surface area contributed by atoms with Crippen molar-refractivity contribution in [3.63, 3.8) is 0 Å². The summed E-state index contributed by atoms with van der Waals surface area (Å²) < 4.78 is 5.44. The minimum Gasteiger partial charge on any atom is -0.482 e. The third-order valence-electron chi connectivity index (χ3n) is 5.23. The summed E-state index contributed by atoms with van der Waals surface area (Å²) >= 11 is 0. The van der Waals surface area contributed by atoms with Gasteiger partial charge in [-0.15, -0.1) is 0 Å². The Kier molecular flexibility index (Phi) is 4.14. The number of hydrogen-bond acceptors (Lipinski definition) is 4. The highest BCUT2D eigenvalue weighted by atomic mass is 16.5. The van der Waals surface area contributed by atoms with Crippen LogP contribution in [0.15, 0.2) is 24.3 Å². The summed E-state index contributed by atoms with van der Waals surface area (Å²) in [6.07, 6.45) is 3.77. The molecule has 0 aromatic heterocycles. The van der Waals surface area contributed by atoms with Gasteiger partial charge in [-0.25, -0.2) is 0 Å². The highest BCUT2D eigenvalue weighted by Crippen LogP contribution is 2.31. The number of anilines is 1. The standard InChI is InChI=1S/C18H23N3O3/c22-17(20-9-7-13-5-6-14(11-20)19-13)8-10-21-15-3-1-2-4-16(15)24-12-18(21)23/h1-4,13-14,19H,5-12H2. The number of carbonyl (C=O) groups is 2. The zero-order valence-electron chi connectivity index (χ0n) is 13.7. The fourth-order valence-electron chi connectivity index (χ4n) is 3.93. The van der Waals surface area contributed by atoms with E-state index in [9.17, 15) is 9.59 Å². The van der Waals surface area contributed by atoms with Gasteiger partial charge in [0, 0.05) is 38.1 Å². The van der Waals surface area contributed by atoms with E-state index < -0.39 is 0 Å². The van der Waals surface area contributed by atoms with Crippen LogP contribution in [0.4, 0.5) is 5.69 Å². The Morgan fingerprint density at radius 1 is 1.21 bits per heavy atom. The first-order valence-corrected chi connectivity index (χ1v) is 8.77. The summed E-state index contributed by atoms with van der Waals surface area (Å²) in [7, 11) is 0. The lowest BCUT2D eigenvalue weighted by Gasteiger charge is -2.30. The first kappa shape index (κ1) is 15.4. The normalized spacial score (nSPS) is 25.9. The number of para-hydroxylation sites is 2. The maximum atomic E-state index is 12.6. The Morgan fingerprint density at radius 2 is 2.04 bits per heavy atom. The van der Waals surface area contributed by atoms with Crippen LogP contribution in [0.3, 0.4) is 0 Å². The van der Waals surface area contributed by atoms with Gasteiger partial charge in [0.1, 0.15) is 5.75 Å². The quantitative estimate of drug-likeness (QED) is 0.904. The molecule has 3 heterocycles. The fraction of sp³-hybridized carbons (Fsp3) is 0.556. The van der Waals surface area contributed by atoms with Crippen molar-refractivity contribution in [3.8, 4) is 5.75 Å². The summed E-state index contributed by atoms with van der Waals surface area (Å²) in [5.41, 5.74) is 0.762. The molecule has 0 saturated carbocycles. The molecule has 4 rings (SSSR count). The first-order valence-electron chi connectivity index (χ1n) is 8.77. The maximum absolute atomic E-state index is 12.6. The third-order valence-corrected chi connectivity index (χ3v) is 5.23. The molecule has 1 N–H and O–H groups in total. The lowest BCUT2D eigenvalue weighted by Crippen LogP contribution is -2.43. The van der Waals surface area contributed by atoms with E-state index in [0.717, 1.165) is 31.6 Å². The van der Waals surface area contributed by atoms with Crippen molar-refractivity contribution in [1.82, 2.24) is 10.2 Å². The van der Waals surface area contributed by atoms with Crippen molar-refractivity contribution in [1.29, 1.82) is 0 Å². The van der Waals surface area contributed by atoms with Crippen LogP contribution in [0.2, 0.25) is 0 Å². The number of nitrogens with one attached hydrogen (secondary N) is 1. The number of benzene rings is 1. The smallest absolute Gasteiger partial charge is 0.265 e. The highest BCUT2D eigenvalue weighted by Gasteiger charge is 2.32. The summed E-state index contributed by atoms with van der Waals surface area (Å²) in [5, 5.41) is 3.59. The van der Waals surface area contributed by atoms with E-state index in [1.807, 2.05) is 29.2 Å². The molecule has 2 bridgehead atoms. The average Bonchev–Trinajstić information content (AvgIpc) is 2.92. The molecule has 2 amide bonds. The number of rotatable bonds is 3. The minimum absolute atomic E-state index is 0.0442. The molecule has 1 aromatic carbocycles. The van der Waals surface area contributed by atoms with Crippen LogP contribution in [0.5, 0.6) is 5.75 Å². The van der Waals surface area contributed by atoms with E-state index in [-0.39, 0.29) is 18.4 Å². The highest BCUT2D eigenvalue weighted by molar-refractivity contribution is 5.98. The second-order valence-corrected chi connectivity index (χ2v) is 6.82. The maximum Gasteiger partial charge on any atom is 0.265 e. The SMILES string of the molecule is O=C(CCN1C(=O)COc2ccccc21)N1CCC2CCC(C1)N2. The Bertz CT molecular complexity index is 648. The molecular formula is C18H23N3O3. The van der Waals surface area contributed by atoms with Gasteiger partial charge in [0.2, 0.25) is 5.91 Å². The Morgan fingerprint density at radius 3 is 2.96 bits per heavy atom. The van der Waals surface area contributed by atoms with Crippen molar-refractivity contribution in [2.45, 2.75) is 37.8 Å². The Hall–Kier alpha value is -2.08. The van der Waals surface area contributed by atoms with Crippen LogP contribution in [0.25, 0.3) is 0 Å². The number of ether oxygens (including phenoxy) is 1. The van der Waals surface area contributed by atoms with Crippen molar-refractivity contribution < 1.29 is 14.3 Å². The second-order valence-electron chi connectivity index (χ2n) is 6.82. The largest absolute Gasteiger partial charge is 0.482 e. The topological polar surface area (TPSA) is 61.9 Å². The third kappa shape index (κ3) is 2.98. The summed E-state index contributed by atoms with van der Waals surface area (Å²) in [4.78, 5) is 28.4. The first-order chi connectivity index (χ1) is 11.7. The zero-order valence-corrected chi connectivity index (χ0v) is 13.7. The molecule has 2 fully saturated rings. The number of nitrogens with zero attached hydrogens (tertiary/aromatic N) is 2. The van der Waals surface area contributed by atoms with Crippen molar-refractivity contribution in [2.75, 3.05) is 31.1 Å². The van der Waals surface area contributed by atoms with Crippen molar-refractivity contribution in [2.24, 2.45) is 0 Å². The average molecular weight is 329 g/mol. The lowest BCUT2D eigenvalue weighted by molar-refractivity contribution is -0.131. The fourth-order valence-corrected chi connectivity index (χ4v) is 3.93. The minimum atomic E-state index is -0.0851. The van der Waals surface area contributed by atoms with Gasteiger partial charge >= 0.3 is 0 Å². The van der Waals surface area contributed by atoms with E-state index in [1.165, 1.54) is 6.42 Å². The molecule has 1 aromatic rings. The summed E-state index contributed by atoms with van der Waals surface area (Å²) in [6.45, 7) is 2.07. The Labute approximate surface area is 141 Å². The van der Waals surface area contributed by atoms with Gasteiger partial charge in [-0.2, -0.15) is 0 Å². The van der Waals surface area contributed by atoms with E-state index in [1.54, 1.807) is 4.90 Å². The van der Waals surface area contributed by atoms with E-state index in [2.05, 4.69) is 5.32 Å². The second kappa shape index (κ2) is 6.43. The molecular weight excluding hydrogens is 306 g/mol. The monoisotopic (exact) mass is 329 g/mol. The van der Waals surface area contributed by atoms with Gasteiger partial charge in [0.25, 0.3) is 5.91 Å². The van der Waals surface area contributed by atoms with E-state index >= 15 is 0 Å². The molecule has 2 saturated heterocycles. The molecule has 2 atom stereocenters. The Balaban J connectivity index is 1.39. The van der Waals surface area contributed by atoms with Crippen LogP contribution in [-0.4, -0.2) is 55.0 Å². The van der Waals surface area contributed by atoms with Gasteiger partial charge < -0.3 is 19.9 Å². The summed E-state index contributed by atoms with van der Waals surface area (Å²) in [6, 6.07) is 8.50. The van der Waals surface area contributed by atoms with E-state index in [4.69, 9.17) is 4.74 Å². The molecule has 128 valence electrons. The van der Waals surface area contributed by atoms with Crippen molar-refractivity contribution >= 4 is 17.5 Å². The molecule has 6 nitrogen and oxygen atoms in total. The molecule has 3 aliphatic rings. The number of carbonyl (C=O) groups excluding carboxylic acids is 2. The van der Waals surface area contributed by atoms with Crippen LogP contribution < -0.4 is 15.0 Å². The lowest BCUT2D eigenvalue weighted by atomic mass is 10.1. The predicted octanol–water partition coefficient (Wildman–Crippen LogP) is 1.15. The van der Waals surface area contributed by atoms with Gasteiger partial charge in [-0.3, -0.25) is 9.59 Å². The number of hydrogen-bond donors (Lipinski definition) is 1. The van der Waals surface area contributed by atoms with E-state index in [0.29, 0.717) is 30.8 Å². The predicted molar refractivity (Wildman–Crippen MR) is 90.0 cm³/mol. The van der Waals surface area contributed by atoms with Crippen LogP contribution >= 0.6 is 0 Å².